The Labute approximate surface area is 105 Å². The number of likely N-dealkylation sites (tertiary alicyclic amines) is 1. The number of aromatic nitrogens is 2. The highest BCUT2D eigenvalue weighted by atomic mass is 16.2. The number of hydrogen-bond acceptors (Lipinski definition) is 3. The molecule has 3 N–H and O–H groups in total. The Hall–Kier alpha value is -1.88. The highest BCUT2D eigenvalue weighted by Gasteiger charge is 2.33. The van der Waals surface area contributed by atoms with Crippen LogP contribution in [0.5, 0.6) is 0 Å². The molecule has 1 aliphatic heterocycles. The number of nitrogens with zero attached hydrogens (tertiary/aromatic N) is 2. The summed E-state index contributed by atoms with van der Waals surface area (Å²) in [4.78, 5) is 14.3. The summed E-state index contributed by atoms with van der Waals surface area (Å²) in [5.74, 6) is -0.0344. The van der Waals surface area contributed by atoms with Gasteiger partial charge in [0.1, 0.15) is 0 Å². The van der Waals surface area contributed by atoms with Crippen molar-refractivity contribution in [2.75, 3.05) is 6.54 Å². The van der Waals surface area contributed by atoms with Gasteiger partial charge in [0.2, 0.25) is 0 Å². The van der Waals surface area contributed by atoms with Crippen molar-refractivity contribution >= 4 is 16.8 Å². The van der Waals surface area contributed by atoms with E-state index in [1.807, 2.05) is 36.1 Å². The van der Waals surface area contributed by atoms with Crippen LogP contribution in [-0.4, -0.2) is 39.6 Å². The third-order valence-electron chi connectivity index (χ3n) is 3.75. The molecule has 1 fully saturated rings. The summed E-state index contributed by atoms with van der Waals surface area (Å²) in [5, 5.41) is 7.90. The van der Waals surface area contributed by atoms with E-state index in [0.29, 0.717) is 12.2 Å². The van der Waals surface area contributed by atoms with Crippen LogP contribution in [0.15, 0.2) is 24.3 Å². The van der Waals surface area contributed by atoms with Gasteiger partial charge in [-0.2, -0.15) is 5.10 Å². The summed E-state index contributed by atoms with van der Waals surface area (Å²) < 4.78 is 0. The lowest BCUT2D eigenvalue weighted by atomic mass is 10.1. The van der Waals surface area contributed by atoms with Gasteiger partial charge in [0.15, 0.2) is 5.69 Å². The molecule has 2 heterocycles. The number of carbonyl (C=O) groups is 1. The SMILES string of the molecule is CC1C(N)CCN1C(=O)c1n[nH]c2ccccc12. The minimum absolute atomic E-state index is 0.0344. The van der Waals surface area contributed by atoms with Crippen LogP contribution in [0.25, 0.3) is 10.9 Å². The molecule has 5 heteroatoms. The average molecular weight is 244 g/mol. The molecule has 2 atom stereocenters. The van der Waals surface area contributed by atoms with E-state index in [1.165, 1.54) is 0 Å². The summed E-state index contributed by atoms with van der Waals surface area (Å²) in [7, 11) is 0. The number of fused-ring (bicyclic) bond motifs is 1. The van der Waals surface area contributed by atoms with Crippen LogP contribution in [0.3, 0.4) is 0 Å². The van der Waals surface area contributed by atoms with Gasteiger partial charge < -0.3 is 10.6 Å². The van der Waals surface area contributed by atoms with E-state index < -0.39 is 0 Å². The molecular weight excluding hydrogens is 228 g/mol. The number of rotatable bonds is 1. The molecule has 5 nitrogen and oxygen atoms in total. The first-order valence-electron chi connectivity index (χ1n) is 6.18. The first-order chi connectivity index (χ1) is 8.68. The number of nitrogens with two attached hydrogens (primary N) is 1. The van der Waals surface area contributed by atoms with E-state index in [-0.39, 0.29) is 18.0 Å². The average Bonchev–Trinajstić information content (AvgIpc) is 2.94. The number of para-hydroxylation sites is 1. The number of H-pyrrole nitrogens is 1. The van der Waals surface area contributed by atoms with Crippen LogP contribution in [0.1, 0.15) is 23.8 Å². The molecule has 1 amide bonds. The van der Waals surface area contributed by atoms with Gasteiger partial charge in [-0.05, 0) is 19.4 Å². The highest BCUT2D eigenvalue weighted by molar-refractivity contribution is 6.04. The maximum absolute atomic E-state index is 12.5. The van der Waals surface area contributed by atoms with Gasteiger partial charge in [0.05, 0.1) is 5.52 Å². The van der Waals surface area contributed by atoms with Gasteiger partial charge in [-0.3, -0.25) is 9.89 Å². The number of benzene rings is 1. The molecule has 0 bridgehead atoms. The van der Waals surface area contributed by atoms with Crippen molar-refractivity contribution in [1.82, 2.24) is 15.1 Å². The van der Waals surface area contributed by atoms with E-state index in [9.17, 15) is 4.79 Å². The van der Waals surface area contributed by atoms with E-state index >= 15 is 0 Å². The Morgan fingerprint density at radius 2 is 2.28 bits per heavy atom. The van der Waals surface area contributed by atoms with Crippen LogP contribution in [0.2, 0.25) is 0 Å². The molecule has 18 heavy (non-hydrogen) atoms. The monoisotopic (exact) mass is 244 g/mol. The van der Waals surface area contributed by atoms with Crippen molar-refractivity contribution in [3.8, 4) is 0 Å². The first kappa shape index (κ1) is 11.2. The zero-order valence-corrected chi connectivity index (χ0v) is 10.3. The van der Waals surface area contributed by atoms with Crippen LogP contribution < -0.4 is 5.73 Å². The smallest absolute Gasteiger partial charge is 0.275 e. The molecule has 0 aliphatic carbocycles. The van der Waals surface area contributed by atoms with Gasteiger partial charge in [0.25, 0.3) is 5.91 Å². The van der Waals surface area contributed by atoms with Crippen molar-refractivity contribution in [3.05, 3.63) is 30.0 Å². The molecule has 0 radical (unpaired) electrons. The first-order valence-corrected chi connectivity index (χ1v) is 6.18. The van der Waals surface area contributed by atoms with Crippen LogP contribution in [-0.2, 0) is 0 Å². The molecule has 1 aliphatic rings. The van der Waals surface area contributed by atoms with Gasteiger partial charge in [-0.1, -0.05) is 18.2 Å². The fraction of sp³-hybridized carbons (Fsp3) is 0.385. The molecule has 0 saturated carbocycles. The second-order valence-corrected chi connectivity index (χ2v) is 4.81. The van der Waals surface area contributed by atoms with Gasteiger partial charge in [-0.15, -0.1) is 0 Å². The molecule has 1 aromatic carbocycles. The van der Waals surface area contributed by atoms with E-state index in [1.54, 1.807) is 0 Å². The fourth-order valence-corrected chi connectivity index (χ4v) is 2.51. The topological polar surface area (TPSA) is 75.0 Å². The maximum atomic E-state index is 12.5. The van der Waals surface area contributed by atoms with Gasteiger partial charge >= 0.3 is 0 Å². The Kier molecular flexibility index (Phi) is 2.56. The van der Waals surface area contributed by atoms with Gasteiger partial charge in [0, 0.05) is 24.0 Å². The Morgan fingerprint density at radius 1 is 1.50 bits per heavy atom. The van der Waals surface area contributed by atoms with E-state index in [4.69, 9.17) is 5.73 Å². The van der Waals surface area contributed by atoms with Crippen molar-refractivity contribution in [3.63, 3.8) is 0 Å². The quantitative estimate of drug-likeness (QED) is 0.789. The van der Waals surface area contributed by atoms with E-state index in [2.05, 4.69) is 10.2 Å². The summed E-state index contributed by atoms with van der Waals surface area (Å²) in [6, 6.07) is 7.80. The lowest BCUT2D eigenvalue weighted by Crippen LogP contribution is -2.40. The largest absolute Gasteiger partial charge is 0.333 e. The van der Waals surface area contributed by atoms with E-state index in [0.717, 1.165) is 17.3 Å². The fourth-order valence-electron chi connectivity index (χ4n) is 2.51. The standard InChI is InChI=1S/C13H16N4O/c1-8-10(14)6-7-17(8)13(18)12-9-4-2-3-5-11(9)15-16-12/h2-5,8,10H,6-7,14H2,1H3,(H,15,16). The van der Waals surface area contributed by atoms with Crippen molar-refractivity contribution < 1.29 is 4.79 Å². The van der Waals surface area contributed by atoms with Crippen LogP contribution in [0, 0.1) is 0 Å². The predicted octanol–water partition coefficient (Wildman–Crippen LogP) is 1.12. The molecule has 3 rings (SSSR count). The number of aromatic amines is 1. The lowest BCUT2D eigenvalue weighted by Gasteiger charge is -2.22. The van der Waals surface area contributed by atoms with Crippen molar-refractivity contribution in [2.45, 2.75) is 25.4 Å². The molecule has 1 aromatic heterocycles. The zero-order valence-electron chi connectivity index (χ0n) is 10.3. The normalized spacial score (nSPS) is 23.8. The molecule has 94 valence electrons. The second-order valence-electron chi connectivity index (χ2n) is 4.81. The third-order valence-corrected chi connectivity index (χ3v) is 3.75. The Bertz CT molecular complexity index is 591. The number of amides is 1. The summed E-state index contributed by atoms with van der Waals surface area (Å²) in [6.07, 6.45) is 0.856. The van der Waals surface area contributed by atoms with Crippen molar-refractivity contribution in [1.29, 1.82) is 0 Å². The minimum atomic E-state index is -0.0344. The third kappa shape index (κ3) is 1.59. The maximum Gasteiger partial charge on any atom is 0.275 e. The number of nitrogens with one attached hydrogen (secondary N) is 1. The summed E-state index contributed by atoms with van der Waals surface area (Å²) in [6.45, 7) is 2.70. The van der Waals surface area contributed by atoms with Crippen LogP contribution in [0.4, 0.5) is 0 Å². The molecule has 2 aromatic rings. The molecule has 0 spiro atoms. The number of hydrogen-bond donors (Lipinski definition) is 2. The minimum Gasteiger partial charge on any atom is -0.333 e. The molecular formula is C13H16N4O. The number of carbonyl (C=O) groups excluding carboxylic acids is 1. The second kappa shape index (κ2) is 4.10. The summed E-state index contributed by atoms with van der Waals surface area (Å²) in [5.41, 5.74) is 7.33. The predicted molar refractivity (Wildman–Crippen MR) is 69.2 cm³/mol. The lowest BCUT2D eigenvalue weighted by molar-refractivity contribution is 0.0738. The Balaban J connectivity index is 1.98. The summed E-state index contributed by atoms with van der Waals surface area (Å²) >= 11 is 0. The molecule has 2 unspecified atom stereocenters. The Morgan fingerprint density at radius 3 is 3.00 bits per heavy atom. The van der Waals surface area contributed by atoms with Crippen molar-refractivity contribution in [2.24, 2.45) is 5.73 Å². The molecule has 1 saturated heterocycles. The highest BCUT2D eigenvalue weighted by Crippen LogP contribution is 2.22. The zero-order chi connectivity index (χ0) is 12.7. The van der Waals surface area contributed by atoms with Gasteiger partial charge in [-0.25, -0.2) is 0 Å². The van der Waals surface area contributed by atoms with Crippen LogP contribution >= 0.6 is 0 Å².